The van der Waals surface area contributed by atoms with E-state index < -0.39 is 12.0 Å². The first-order valence-corrected chi connectivity index (χ1v) is 4.18. The van der Waals surface area contributed by atoms with Crippen molar-refractivity contribution in [2.24, 2.45) is 11.7 Å². The van der Waals surface area contributed by atoms with Crippen LogP contribution in [-0.4, -0.2) is 30.3 Å². The molecule has 70 valence electrons. The Morgan fingerprint density at radius 3 is 2.83 bits per heavy atom. The van der Waals surface area contributed by atoms with E-state index in [1.54, 1.807) is 7.11 Å². The van der Waals surface area contributed by atoms with Crippen molar-refractivity contribution in [1.29, 1.82) is 0 Å². The second-order valence-corrected chi connectivity index (χ2v) is 3.23. The Kier molecular flexibility index (Phi) is 3.05. The molecule has 0 aliphatic heterocycles. The number of aliphatic carboxylic acids is 1. The molecule has 4 heteroatoms. The van der Waals surface area contributed by atoms with Gasteiger partial charge in [0.1, 0.15) is 6.04 Å². The first-order valence-electron chi connectivity index (χ1n) is 4.18. The van der Waals surface area contributed by atoms with Crippen LogP contribution in [0.4, 0.5) is 0 Å². The highest BCUT2D eigenvalue weighted by molar-refractivity contribution is 5.73. The highest BCUT2D eigenvalue weighted by Crippen LogP contribution is 2.29. The summed E-state index contributed by atoms with van der Waals surface area (Å²) in [5.41, 5.74) is 5.51. The number of ether oxygens (including phenoxy) is 1. The van der Waals surface area contributed by atoms with E-state index in [9.17, 15) is 4.79 Å². The first kappa shape index (κ1) is 9.48. The maximum atomic E-state index is 10.6. The van der Waals surface area contributed by atoms with Crippen molar-refractivity contribution in [3.8, 4) is 0 Å². The van der Waals surface area contributed by atoms with Crippen molar-refractivity contribution in [1.82, 2.24) is 0 Å². The highest BCUT2D eigenvalue weighted by atomic mass is 16.5. The van der Waals surface area contributed by atoms with E-state index in [1.807, 2.05) is 0 Å². The number of methoxy groups -OCH3 is 1. The summed E-state index contributed by atoms with van der Waals surface area (Å²) in [6.45, 7) is 0. The Morgan fingerprint density at radius 2 is 2.33 bits per heavy atom. The number of carboxylic acid groups (broad SMARTS) is 1. The van der Waals surface area contributed by atoms with Crippen LogP contribution in [0.25, 0.3) is 0 Å². The molecule has 0 bridgehead atoms. The van der Waals surface area contributed by atoms with Crippen LogP contribution in [0.5, 0.6) is 0 Å². The molecule has 3 N–H and O–H groups in total. The molecular formula is C8H15NO3. The Balaban J connectivity index is 2.55. The molecule has 0 saturated heterocycles. The molecule has 0 aromatic carbocycles. The van der Waals surface area contributed by atoms with Gasteiger partial charge in [-0.15, -0.1) is 0 Å². The predicted molar refractivity (Wildman–Crippen MR) is 43.7 cm³/mol. The third-order valence-corrected chi connectivity index (χ3v) is 2.55. The fourth-order valence-corrected chi connectivity index (χ4v) is 1.84. The fraction of sp³-hybridized carbons (Fsp3) is 0.875. The van der Waals surface area contributed by atoms with E-state index in [-0.39, 0.29) is 12.0 Å². The molecule has 0 radical (unpaired) electrons. The van der Waals surface area contributed by atoms with Crippen molar-refractivity contribution < 1.29 is 14.6 Å². The normalized spacial score (nSPS) is 31.8. The van der Waals surface area contributed by atoms with Crippen LogP contribution in [-0.2, 0) is 9.53 Å². The van der Waals surface area contributed by atoms with Gasteiger partial charge in [0.2, 0.25) is 0 Å². The zero-order chi connectivity index (χ0) is 9.14. The van der Waals surface area contributed by atoms with Crippen molar-refractivity contribution >= 4 is 5.97 Å². The lowest BCUT2D eigenvalue weighted by Crippen LogP contribution is -2.41. The van der Waals surface area contributed by atoms with E-state index in [0.717, 1.165) is 19.3 Å². The maximum Gasteiger partial charge on any atom is 0.320 e. The maximum absolute atomic E-state index is 10.6. The zero-order valence-corrected chi connectivity index (χ0v) is 7.19. The number of rotatable bonds is 3. The molecule has 0 heterocycles. The Morgan fingerprint density at radius 1 is 1.67 bits per heavy atom. The molecule has 1 saturated carbocycles. The van der Waals surface area contributed by atoms with Gasteiger partial charge >= 0.3 is 5.97 Å². The minimum absolute atomic E-state index is 0.00694. The molecule has 1 aliphatic rings. The van der Waals surface area contributed by atoms with E-state index in [2.05, 4.69) is 0 Å². The van der Waals surface area contributed by atoms with Crippen LogP contribution >= 0.6 is 0 Å². The van der Waals surface area contributed by atoms with Crippen molar-refractivity contribution in [2.45, 2.75) is 31.4 Å². The Labute approximate surface area is 71.7 Å². The Hall–Kier alpha value is -0.610. The van der Waals surface area contributed by atoms with Gasteiger partial charge in [0.25, 0.3) is 0 Å². The van der Waals surface area contributed by atoms with Crippen molar-refractivity contribution in [3.05, 3.63) is 0 Å². The Bertz CT molecular complexity index is 172. The summed E-state index contributed by atoms with van der Waals surface area (Å²) in [5, 5.41) is 8.68. The summed E-state index contributed by atoms with van der Waals surface area (Å²) < 4.78 is 5.15. The van der Waals surface area contributed by atoms with Gasteiger partial charge in [-0.2, -0.15) is 0 Å². The summed E-state index contributed by atoms with van der Waals surface area (Å²) in [6.07, 6.45) is 2.86. The quantitative estimate of drug-likeness (QED) is 0.640. The molecule has 0 amide bonds. The highest BCUT2D eigenvalue weighted by Gasteiger charge is 2.35. The van der Waals surface area contributed by atoms with Gasteiger partial charge in [-0.05, 0) is 12.8 Å². The minimum Gasteiger partial charge on any atom is -0.480 e. The van der Waals surface area contributed by atoms with E-state index in [1.165, 1.54) is 0 Å². The van der Waals surface area contributed by atoms with Gasteiger partial charge in [-0.1, -0.05) is 6.42 Å². The molecule has 0 aromatic heterocycles. The molecule has 1 fully saturated rings. The summed E-state index contributed by atoms with van der Waals surface area (Å²) in [6, 6.07) is -0.766. The van der Waals surface area contributed by atoms with Gasteiger partial charge in [0, 0.05) is 13.0 Å². The van der Waals surface area contributed by atoms with Gasteiger partial charge in [-0.25, -0.2) is 0 Å². The second-order valence-electron chi connectivity index (χ2n) is 3.23. The number of hydrogen-bond acceptors (Lipinski definition) is 3. The number of carbonyl (C=O) groups is 1. The second kappa shape index (κ2) is 3.87. The lowest BCUT2D eigenvalue weighted by molar-refractivity contribution is -0.141. The van der Waals surface area contributed by atoms with Crippen LogP contribution < -0.4 is 5.73 Å². The van der Waals surface area contributed by atoms with Gasteiger partial charge in [0.15, 0.2) is 0 Å². The monoisotopic (exact) mass is 173 g/mol. The molecule has 1 rings (SSSR count). The number of nitrogens with two attached hydrogens (primary N) is 1. The molecule has 1 aliphatic carbocycles. The van der Waals surface area contributed by atoms with Crippen LogP contribution in [0.2, 0.25) is 0 Å². The molecular weight excluding hydrogens is 158 g/mol. The smallest absolute Gasteiger partial charge is 0.320 e. The molecule has 4 nitrogen and oxygen atoms in total. The summed E-state index contributed by atoms with van der Waals surface area (Å²) in [4.78, 5) is 10.6. The molecule has 0 aromatic rings. The first-order chi connectivity index (χ1) is 5.66. The number of carboxylic acids is 1. The molecule has 3 atom stereocenters. The SMILES string of the molecule is COC1CCCC1[C@@H](N)C(=O)O. The average Bonchev–Trinajstić information content (AvgIpc) is 2.49. The summed E-state index contributed by atoms with van der Waals surface area (Å²) >= 11 is 0. The summed E-state index contributed by atoms with van der Waals surface area (Å²) in [7, 11) is 1.61. The third kappa shape index (κ3) is 1.76. The van der Waals surface area contributed by atoms with Crippen LogP contribution in [0.1, 0.15) is 19.3 Å². The number of hydrogen-bond donors (Lipinski definition) is 2. The molecule has 0 spiro atoms. The lowest BCUT2D eigenvalue weighted by Gasteiger charge is -2.21. The van der Waals surface area contributed by atoms with Crippen LogP contribution in [0.15, 0.2) is 0 Å². The fourth-order valence-electron chi connectivity index (χ4n) is 1.84. The van der Waals surface area contributed by atoms with Crippen LogP contribution in [0, 0.1) is 5.92 Å². The zero-order valence-electron chi connectivity index (χ0n) is 7.19. The van der Waals surface area contributed by atoms with Crippen molar-refractivity contribution in [2.75, 3.05) is 7.11 Å². The average molecular weight is 173 g/mol. The van der Waals surface area contributed by atoms with Gasteiger partial charge in [-0.3, -0.25) is 4.79 Å². The standard InChI is InChI=1S/C8H15NO3/c1-12-6-4-2-3-5(6)7(9)8(10)11/h5-7H,2-4,9H2,1H3,(H,10,11)/t5?,6?,7-/m1/s1. The topological polar surface area (TPSA) is 72.5 Å². The summed E-state index contributed by atoms with van der Waals surface area (Å²) in [5.74, 6) is -0.934. The van der Waals surface area contributed by atoms with E-state index in [4.69, 9.17) is 15.6 Å². The van der Waals surface area contributed by atoms with Gasteiger partial charge < -0.3 is 15.6 Å². The minimum atomic E-state index is -0.927. The molecule has 2 unspecified atom stereocenters. The largest absolute Gasteiger partial charge is 0.480 e. The van der Waals surface area contributed by atoms with Crippen LogP contribution in [0.3, 0.4) is 0 Å². The predicted octanol–water partition coefficient (Wildman–Crippen LogP) is 0.213. The van der Waals surface area contributed by atoms with E-state index >= 15 is 0 Å². The lowest BCUT2D eigenvalue weighted by atomic mass is 9.97. The van der Waals surface area contributed by atoms with Crippen molar-refractivity contribution in [3.63, 3.8) is 0 Å². The van der Waals surface area contributed by atoms with E-state index in [0.29, 0.717) is 0 Å². The molecule has 12 heavy (non-hydrogen) atoms. The third-order valence-electron chi connectivity index (χ3n) is 2.55. The van der Waals surface area contributed by atoms with Gasteiger partial charge in [0.05, 0.1) is 6.10 Å².